The highest BCUT2D eigenvalue weighted by Crippen LogP contribution is 2.22. The van der Waals surface area contributed by atoms with Crippen LogP contribution >= 0.6 is 24.4 Å². The standard InChI is InChI=1S/C7H3N3S2/c11-4-9-6-2-1-3-8-7(6)10-5-12/h1-3H. The number of rotatable bonds is 2. The Hall–Kier alpha value is -1.25. The van der Waals surface area contributed by atoms with Crippen molar-refractivity contribution in [3.63, 3.8) is 0 Å². The fourth-order valence-electron chi connectivity index (χ4n) is 0.654. The van der Waals surface area contributed by atoms with Gasteiger partial charge in [0.1, 0.15) is 5.69 Å². The fourth-order valence-corrected chi connectivity index (χ4v) is 0.839. The molecule has 0 aliphatic rings. The van der Waals surface area contributed by atoms with Crippen LogP contribution in [0.25, 0.3) is 0 Å². The lowest BCUT2D eigenvalue weighted by molar-refractivity contribution is 1.27. The van der Waals surface area contributed by atoms with Gasteiger partial charge in [0.15, 0.2) is 5.82 Å². The Morgan fingerprint density at radius 3 is 2.67 bits per heavy atom. The van der Waals surface area contributed by atoms with Crippen LogP contribution in [0, 0.1) is 0 Å². The van der Waals surface area contributed by atoms with Crippen LogP contribution in [0.3, 0.4) is 0 Å². The third-order valence-corrected chi connectivity index (χ3v) is 1.27. The lowest BCUT2D eigenvalue weighted by Gasteiger charge is -1.92. The summed E-state index contributed by atoms with van der Waals surface area (Å²) in [4.78, 5) is 11.4. The first-order chi connectivity index (χ1) is 5.88. The summed E-state index contributed by atoms with van der Waals surface area (Å²) < 4.78 is 0. The largest absolute Gasteiger partial charge is 0.235 e. The van der Waals surface area contributed by atoms with Crippen LogP contribution in [0.4, 0.5) is 11.5 Å². The zero-order valence-electron chi connectivity index (χ0n) is 5.89. The van der Waals surface area contributed by atoms with E-state index in [-0.39, 0.29) is 0 Å². The summed E-state index contributed by atoms with van der Waals surface area (Å²) in [6.45, 7) is 0. The number of hydrogen-bond donors (Lipinski definition) is 0. The van der Waals surface area contributed by atoms with Crippen molar-refractivity contribution in [3.8, 4) is 0 Å². The summed E-state index contributed by atoms with van der Waals surface area (Å²) in [5, 5.41) is 4.44. The lowest BCUT2D eigenvalue weighted by atomic mass is 10.4. The van der Waals surface area contributed by atoms with Crippen LogP contribution in [0.5, 0.6) is 0 Å². The number of aliphatic imine (C=N–C) groups is 2. The molecule has 0 aliphatic carbocycles. The summed E-state index contributed by atoms with van der Waals surface area (Å²) in [6, 6.07) is 3.45. The van der Waals surface area contributed by atoms with E-state index in [4.69, 9.17) is 0 Å². The van der Waals surface area contributed by atoms with Gasteiger partial charge in [-0.05, 0) is 36.6 Å². The molecule has 0 aromatic carbocycles. The summed E-state index contributed by atoms with van der Waals surface area (Å²) in [7, 11) is 0. The van der Waals surface area contributed by atoms with Gasteiger partial charge in [-0.25, -0.2) is 4.98 Å². The zero-order valence-corrected chi connectivity index (χ0v) is 7.52. The molecule has 0 spiro atoms. The van der Waals surface area contributed by atoms with E-state index in [0.717, 1.165) is 0 Å². The minimum absolute atomic E-state index is 0.407. The van der Waals surface area contributed by atoms with E-state index < -0.39 is 0 Å². The highest BCUT2D eigenvalue weighted by Gasteiger charge is 1.96. The molecule has 0 saturated heterocycles. The molecule has 5 heteroatoms. The van der Waals surface area contributed by atoms with Gasteiger partial charge in [0, 0.05) is 6.20 Å². The summed E-state index contributed by atoms with van der Waals surface area (Å²) in [5.74, 6) is 0.407. The molecule has 12 heavy (non-hydrogen) atoms. The van der Waals surface area contributed by atoms with Crippen molar-refractivity contribution in [3.05, 3.63) is 18.3 Å². The van der Waals surface area contributed by atoms with Crippen molar-refractivity contribution in [2.24, 2.45) is 9.98 Å². The lowest BCUT2D eigenvalue weighted by Crippen LogP contribution is -1.72. The maximum atomic E-state index is 4.45. The van der Waals surface area contributed by atoms with Gasteiger partial charge in [0.25, 0.3) is 0 Å². The smallest absolute Gasteiger partial charge is 0.189 e. The first-order valence-corrected chi connectivity index (χ1v) is 3.81. The van der Waals surface area contributed by atoms with E-state index in [2.05, 4.69) is 49.7 Å². The number of nitrogens with zero attached hydrogens (tertiary/aromatic N) is 3. The van der Waals surface area contributed by atoms with E-state index >= 15 is 0 Å². The van der Waals surface area contributed by atoms with Crippen LogP contribution in [0.1, 0.15) is 0 Å². The molecular weight excluding hydrogens is 190 g/mol. The Kier molecular flexibility index (Phi) is 3.38. The molecule has 0 aliphatic heterocycles. The van der Waals surface area contributed by atoms with Crippen molar-refractivity contribution >= 4 is 46.3 Å². The Morgan fingerprint density at radius 2 is 2.00 bits per heavy atom. The van der Waals surface area contributed by atoms with Crippen molar-refractivity contribution in [2.75, 3.05) is 0 Å². The molecule has 58 valence electrons. The van der Waals surface area contributed by atoms with Gasteiger partial charge in [-0.15, -0.1) is 0 Å². The number of isothiocyanates is 2. The molecule has 0 unspecified atom stereocenters. The molecule has 1 heterocycles. The van der Waals surface area contributed by atoms with Crippen molar-refractivity contribution < 1.29 is 0 Å². The molecule has 3 nitrogen and oxygen atoms in total. The second kappa shape index (κ2) is 4.59. The van der Waals surface area contributed by atoms with E-state index in [1.807, 2.05) is 0 Å². The van der Waals surface area contributed by atoms with Crippen LogP contribution in [0.15, 0.2) is 28.3 Å². The molecule has 1 aromatic heterocycles. The third kappa shape index (κ3) is 2.12. The van der Waals surface area contributed by atoms with Crippen molar-refractivity contribution in [1.29, 1.82) is 0 Å². The topological polar surface area (TPSA) is 37.6 Å². The molecule has 0 amide bonds. The van der Waals surface area contributed by atoms with Crippen LogP contribution in [0.2, 0.25) is 0 Å². The third-order valence-electron chi connectivity index (χ3n) is 1.08. The van der Waals surface area contributed by atoms with Gasteiger partial charge >= 0.3 is 0 Å². The Labute approximate surface area is 79.9 Å². The molecular formula is C7H3N3S2. The highest BCUT2D eigenvalue weighted by atomic mass is 32.1. The highest BCUT2D eigenvalue weighted by molar-refractivity contribution is 7.78. The Bertz CT molecular complexity index is 339. The van der Waals surface area contributed by atoms with E-state index in [1.165, 1.54) is 0 Å². The molecule has 0 atom stereocenters. The van der Waals surface area contributed by atoms with E-state index in [9.17, 15) is 0 Å². The molecule has 0 fully saturated rings. The predicted molar refractivity (Wildman–Crippen MR) is 53.6 cm³/mol. The molecule has 0 bridgehead atoms. The van der Waals surface area contributed by atoms with Crippen LogP contribution in [-0.4, -0.2) is 15.3 Å². The average molecular weight is 193 g/mol. The zero-order chi connectivity index (χ0) is 8.81. The quantitative estimate of drug-likeness (QED) is 0.535. The minimum Gasteiger partial charge on any atom is -0.235 e. The van der Waals surface area contributed by atoms with Gasteiger partial charge in [0.05, 0.1) is 10.3 Å². The maximum absolute atomic E-state index is 4.45. The molecule has 1 aromatic rings. The average Bonchev–Trinajstić information content (AvgIpc) is 2.09. The Morgan fingerprint density at radius 1 is 1.25 bits per heavy atom. The summed E-state index contributed by atoms with van der Waals surface area (Å²) >= 11 is 8.88. The minimum atomic E-state index is 0.407. The second-order valence-corrected chi connectivity index (χ2v) is 2.12. The van der Waals surface area contributed by atoms with E-state index in [0.29, 0.717) is 11.5 Å². The number of pyridine rings is 1. The van der Waals surface area contributed by atoms with Gasteiger partial charge in [-0.3, -0.25) is 0 Å². The molecule has 0 radical (unpaired) electrons. The monoisotopic (exact) mass is 193 g/mol. The molecule has 1 rings (SSSR count). The second-order valence-electron chi connectivity index (χ2n) is 1.75. The van der Waals surface area contributed by atoms with Crippen LogP contribution in [-0.2, 0) is 0 Å². The SMILES string of the molecule is S=C=Nc1cccnc1N=C=S. The van der Waals surface area contributed by atoms with E-state index in [1.54, 1.807) is 18.3 Å². The molecule has 0 saturated carbocycles. The van der Waals surface area contributed by atoms with Crippen LogP contribution < -0.4 is 0 Å². The first kappa shape index (κ1) is 8.84. The maximum Gasteiger partial charge on any atom is 0.189 e. The first-order valence-electron chi connectivity index (χ1n) is 2.99. The number of hydrogen-bond acceptors (Lipinski definition) is 5. The normalized spacial score (nSPS) is 8.00. The summed E-state index contributed by atoms with van der Waals surface area (Å²) in [6.07, 6.45) is 1.59. The summed E-state index contributed by atoms with van der Waals surface area (Å²) in [5.41, 5.74) is 0.546. The number of thiocarbonyl (C=S) groups is 2. The number of aromatic nitrogens is 1. The Balaban J connectivity index is 3.25. The fraction of sp³-hybridized carbons (Fsp3) is 0. The predicted octanol–water partition coefficient (Wildman–Crippen LogP) is 2.55. The van der Waals surface area contributed by atoms with Gasteiger partial charge in [-0.2, -0.15) is 9.98 Å². The van der Waals surface area contributed by atoms with Gasteiger partial charge in [0.2, 0.25) is 0 Å². The van der Waals surface area contributed by atoms with Crippen molar-refractivity contribution in [2.45, 2.75) is 0 Å². The van der Waals surface area contributed by atoms with Crippen molar-refractivity contribution in [1.82, 2.24) is 4.98 Å². The van der Waals surface area contributed by atoms with Gasteiger partial charge in [-0.1, -0.05) is 0 Å². The van der Waals surface area contributed by atoms with Gasteiger partial charge < -0.3 is 0 Å². The molecule has 0 N–H and O–H groups in total.